The Labute approximate surface area is 123 Å². The first-order chi connectivity index (χ1) is 9.65. The van der Waals surface area contributed by atoms with Crippen molar-refractivity contribution < 1.29 is 4.79 Å². The summed E-state index contributed by atoms with van der Waals surface area (Å²) in [6.45, 7) is 5.69. The number of carbonyl (C=O) groups is 1. The minimum atomic E-state index is -0.103. The first kappa shape index (κ1) is 15.6. The van der Waals surface area contributed by atoms with Crippen LogP contribution in [0.15, 0.2) is 0 Å². The molecule has 0 aromatic rings. The largest absolute Gasteiger partial charge is 0.335 e. The van der Waals surface area contributed by atoms with Crippen molar-refractivity contribution in [2.24, 2.45) is 11.7 Å². The molecule has 0 bridgehead atoms. The third-order valence-electron chi connectivity index (χ3n) is 5.56. The van der Waals surface area contributed by atoms with Crippen molar-refractivity contribution in [1.29, 1.82) is 0 Å². The molecule has 2 fully saturated rings. The Morgan fingerprint density at radius 2 is 1.90 bits per heavy atom. The van der Waals surface area contributed by atoms with Gasteiger partial charge in [0.25, 0.3) is 0 Å². The number of likely N-dealkylation sites (N-methyl/N-ethyl adjacent to an activating group) is 1. The molecule has 0 aliphatic heterocycles. The highest BCUT2D eigenvalue weighted by Gasteiger charge is 2.41. The SMILES string of the molecule is CCC1CCC(CN)(N(CC)C(=O)NC2CCC2)CC1. The summed E-state index contributed by atoms with van der Waals surface area (Å²) >= 11 is 0. The van der Waals surface area contributed by atoms with Crippen molar-refractivity contribution in [2.75, 3.05) is 13.1 Å². The predicted molar refractivity (Wildman–Crippen MR) is 82.6 cm³/mol. The van der Waals surface area contributed by atoms with Gasteiger partial charge in [0.2, 0.25) is 0 Å². The van der Waals surface area contributed by atoms with E-state index >= 15 is 0 Å². The number of nitrogens with one attached hydrogen (secondary N) is 1. The van der Waals surface area contributed by atoms with Gasteiger partial charge in [0.15, 0.2) is 0 Å². The summed E-state index contributed by atoms with van der Waals surface area (Å²) in [5.74, 6) is 0.822. The van der Waals surface area contributed by atoms with Crippen LogP contribution in [0.2, 0.25) is 0 Å². The van der Waals surface area contributed by atoms with Crippen LogP contribution in [0.4, 0.5) is 4.79 Å². The minimum absolute atomic E-state index is 0.103. The van der Waals surface area contributed by atoms with E-state index in [1.165, 1.54) is 25.7 Å². The van der Waals surface area contributed by atoms with E-state index in [1.807, 2.05) is 4.90 Å². The Balaban J connectivity index is 2.00. The van der Waals surface area contributed by atoms with Crippen LogP contribution >= 0.6 is 0 Å². The lowest BCUT2D eigenvalue weighted by atomic mass is 9.74. The molecule has 2 aliphatic rings. The second-order valence-electron chi connectivity index (χ2n) is 6.60. The molecule has 20 heavy (non-hydrogen) atoms. The topological polar surface area (TPSA) is 58.4 Å². The van der Waals surface area contributed by atoms with Gasteiger partial charge in [-0.05, 0) is 57.8 Å². The van der Waals surface area contributed by atoms with Crippen molar-refractivity contribution in [2.45, 2.75) is 76.8 Å². The molecule has 2 rings (SSSR count). The molecule has 0 heterocycles. The second-order valence-corrected chi connectivity index (χ2v) is 6.60. The van der Waals surface area contributed by atoms with Gasteiger partial charge in [0, 0.05) is 19.1 Å². The van der Waals surface area contributed by atoms with Crippen LogP contribution in [0.25, 0.3) is 0 Å². The fourth-order valence-corrected chi connectivity index (χ4v) is 3.71. The molecule has 0 aromatic carbocycles. The van der Waals surface area contributed by atoms with Gasteiger partial charge in [-0.1, -0.05) is 13.3 Å². The number of hydrogen-bond donors (Lipinski definition) is 2. The van der Waals surface area contributed by atoms with Gasteiger partial charge < -0.3 is 16.0 Å². The molecule has 4 heteroatoms. The van der Waals surface area contributed by atoms with Crippen molar-refractivity contribution >= 4 is 6.03 Å². The first-order valence-electron chi connectivity index (χ1n) is 8.43. The molecule has 2 saturated carbocycles. The number of urea groups is 1. The molecule has 0 radical (unpaired) electrons. The van der Waals surface area contributed by atoms with Crippen molar-refractivity contribution in [3.05, 3.63) is 0 Å². The summed E-state index contributed by atoms with van der Waals surface area (Å²) < 4.78 is 0. The summed E-state index contributed by atoms with van der Waals surface area (Å²) in [4.78, 5) is 14.6. The molecule has 0 atom stereocenters. The molecule has 4 nitrogen and oxygen atoms in total. The van der Waals surface area contributed by atoms with Crippen LogP contribution < -0.4 is 11.1 Å². The highest BCUT2D eigenvalue weighted by molar-refractivity contribution is 5.75. The van der Waals surface area contributed by atoms with Crippen LogP contribution in [-0.4, -0.2) is 35.6 Å². The molecule has 2 aliphatic carbocycles. The zero-order chi connectivity index (χ0) is 14.6. The maximum Gasteiger partial charge on any atom is 0.318 e. The second kappa shape index (κ2) is 6.79. The van der Waals surface area contributed by atoms with Crippen molar-refractivity contribution in [3.8, 4) is 0 Å². The lowest BCUT2D eigenvalue weighted by Crippen LogP contribution is -2.61. The number of nitrogens with two attached hydrogens (primary N) is 1. The van der Waals surface area contributed by atoms with Crippen LogP contribution in [0.1, 0.15) is 65.2 Å². The minimum Gasteiger partial charge on any atom is -0.335 e. The van der Waals surface area contributed by atoms with Crippen LogP contribution in [0, 0.1) is 5.92 Å². The normalized spacial score (nSPS) is 30.6. The highest BCUT2D eigenvalue weighted by atomic mass is 16.2. The molecule has 0 aromatic heterocycles. The molecule has 0 unspecified atom stereocenters. The van der Waals surface area contributed by atoms with Gasteiger partial charge in [-0.2, -0.15) is 0 Å². The van der Waals surface area contributed by atoms with Crippen LogP contribution in [-0.2, 0) is 0 Å². The number of rotatable bonds is 5. The van der Waals surface area contributed by atoms with E-state index in [0.717, 1.165) is 38.1 Å². The summed E-state index contributed by atoms with van der Waals surface area (Å²) in [7, 11) is 0. The van der Waals surface area contributed by atoms with Gasteiger partial charge in [0.05, 0.1) is 5.54 Å². The standard InChI is InChI=1S/C16H31N3O/c1-3-13-8-10-16(12-17,11-9-13)19(4-2)15(20)18-14-6-5-7-14/h13-14H,3-12,17H2,1-2H3,(H,18,20). The zero-order valence-electron chi connectivity index (χ0n) is 13.2. The Morgan fingerprint density at radius 1 is 1.25 bits per heavy atom. The van der Waals surface area contributed by atoms with E-state index in [0.29, 0.717) is 12.6 Å². The Hall–Kier alpha value is -0.770. The molecular formula is C16H31N3O. The monoisotopic (exact) mass is 281 g/mol. The first-order valence-corrected chi connectivity index (χ1v) is 8.43. The quantitative estimate of drug-likeness (QED) is 0.814. The molecule has 0 saturated heterocycles. The fraction of sp³-hybridized carbons (Fsp3) is 0.938. The van der Waals surface area contributed by atoms with Gasteiger partial charge >= 0.3 is 6.03 Å². The van der Waals surface area contributed by atoms with E-state index < -0.39 is 0 Å². The lowest BCUT2D eigenvalue weighted by Gasteiger charge is -2.47. The number of nitrogens with zero attached hydrogens (tertiary/aromatic N) is 1. The number of hydrogen-bond acceptors (Lipinski definition) is 2. The molecule has 3 N–H and O–H groups in total. The van der Waals surface area contributed by atoms with E-state index in [4.69, 9.17) is 5.73 Å². The van der Waals surface area contributed by atoms with Gasteiger partial charge in [-0.15, -0.1) is 0 Å². The maximum atomic E-state index is 12.6. The summed E-state index contributed by atoms with van der Waals surface area (Å²) in [5.41, 5.74) is 5.99. The van der Waals surface area contributed by atoms with Crippen molar-refractivity contribution in [3.63, 3.8) is 0 Å². The summed E-state index contributed by atoms with van der Waals surface area (Å²) in [6.07, 6.45) is 9.32. The zero-order valence-corrected chi connectivity index (χ0v) is 13.2. The lowest BCUT2D eigenvalue weighted by molar-refractivity contribution is 0.0684. The Bertz CT molecular complexity index is 320. The van der Waals surface area contributed by atoms with E-state index in [9.17, 15) is 4.79 Å². The summed E-state index contributed by atoms with van der Waals surface area (Å²) in [6, 6.07) is 0.510. The highest BCUT2D eigenvalue weighted by Crippen LogP contribution is 2.37. The van der Waals surface area contributed by atoms with E-state index in [2.05, 4.69) is 19.2 Å². The molecular weight excluding hydrogens is 250 g/mol. The third kappa shape index (κ3) is 3.11. The molecule has 0 spiro atoms. The fourth-order valence-electron chi connectivity index (χ4n) is 3.71. The van der Waals surface area contributed by atoms with E-state index in [1.54, 1.807) is 0 Å². The number of carbonyl (C=O) groups excluding carboxylic acids is 1. The summed E-state index contributed by atoms with van der Waals surface area (Å²) in [5, 5.41) is 3.18. The average molecular weight is 281 g/mol. The van der Waals surface area contributed by atoms with Crippen LogP contribution in [0.5, 0.6) is 0 Å². The van der Waals surface area contributed by atoms with E-state index in [-0.39, 0.29) is 11.6 Å². The van der Waals surface area contributed by atoms with Gasteiger partial charge in [0.1, 0.15) is 0 Å². The average Bonchev–Trinajstić information content (AvgIpc) is 2.44. The molecule has 116 valence electrons. The van der Waals surface area contributed by atoms with Crippen LogP contribution in [0.3, 0.4) is 0 Å². The Kier molecular flexibility index (Phi) is 5.30. The Morgan fingerprint density at radius 3 is 2.30 bits per heavy atom. The molecule has 2 amide bonds. The third-order valence-corrected chi connectivity index (χ3v) is 5.56. The predicted octanol–water partition coefficient (Wildman–Crippen LogP) is 2.87. The van der Waals surface area contributed by atoms with Gasteiger partial charge in [-0.25, -0.2) is 4.79 Å². The van der Waals surface area contributed by atoms with Crippen molar-refractivity contribution in [1.82, 2.24) is 10.2 Å². The van der Waals surface area contributed by atoms with Gasteiger partial charge in [-0.3, -0.25) is 0 Å². The maximum absolute atomic E-state index is 12.6. The smallest absolute Gasteiger partial charge is 0.318 e. The number of amides is 2.